The van der Waals surface area contributed by atoms with E-state index in [0.717, 1.165) is 24.1 Å². The number of hydrogen-bond acceptors (Lipinski definition) is 1. The summed E-state index contributed by atoms with van der Waals surface area (Å²) in [7, 11) is 0. The zero-order valence-electron chi connectivity index (χ0n) is 20.7. The van der Waals surface area contributed by atoms with Gasteiger partial charge < -0.3 is 5.73 Å². The SMILES string of the molecule is C/C=C\C=C(/N)c1cccc(-c2c3ccccc3c(C3=C/C/C=C\C=C/C/C=C\3)c3ccccc23)c1. The van der Waals surface area contributed by atoms with Crippen molar-refractivity contribution >= 4 is 32.8 Å². The Morgan fingerprint density at radius 2 is 1.36 bits per heavy atom. The van der Waals surface area contributed by atoms with E-state index < -0.39 is 0 Å². The predicted octanol–water partition coefficient (Wildman–Crippen LogP) is 9.38. The lowest BCUT2D eigenvalue weighted by molar-refractivity contribution is 1.35. The van der Waals surface area contributed by atoms with E-state index in [2.05, 4.69) is 115 Å². The van der Waals surface area contributed by atoms with Gasteiger partial charge in [0.2, 0.25) is 0 Å². The van der Waals surface area contributed by atoms with Crippen molar-refractivity contribution in [2.24, 2.45) is 5.73 Å². The van der Waals surface area contributed by atoms with E-state index in [4.69, 9.17) is 5.73 Å². The first-order chi connectivity index (χ1) is 17.8. The Balaban J connectivity index is 1.80. The average molecular weight is 466 g/mol. The molecular weight excluding hydrogens is 434 g/mol. The molecule has 0 spiro atoms. The molecule has 0 unspecified atom stereocenters. The molecule has 1 aliphatic carbocycles. The molecule has 0 amide bonds. The van der Waals surface area contributed by atoms with Gasteiger partial charge in [-0.25, -0.2) is 0 Å². The molecule has 0 aromatic heterocycles. The van der Waals surface area contributed by atoms with Crippen molar-refractivity contribution in [1.29, 1.82) is 0 Å². The van der Waals surface area contributed by atoms with Crippen LogP contribution in [0.1, 0.15) is 30.9 Å². The zero-order valence-corrected chi connectivity index (χ0v) is 20.7. The summed E-state index contributed by atoms with van der Waals surface area (Å²) in [6.45, 7) is 2.00. The lowest BCUT2D eigenvalue weighted by Gasteiger charge is -2.19. The van der Waals surface area contributed by atoms with Crippen LogP contribution in [0.3, 0.4) is 0 Å². The van der Waals surface area contributed by atoms with Gasteiger partial charge in [-0.05, 0) is 81.3 Å². The quantitative estimate of drug-likeness (QED) is 0.236. The van der Waals surface area contributed by atoms with E-state index in [1.54, 1.807) is 0 Å². The van der Waals surface area contributed by atoms with Gasteiger partial charge in [-0.2, -0.15) is 0 Å². The Morgan fingerprint density at radius 1 is 0.722 bits per heavy atom. The van der Waals surface area contributed by atoms with Crippen LogP contribution in [0.2, 0.25) is 0 Å². The smallest absolute Gasteiger partial charge is 0.0387 e. The van der Waals surface area contributed by atoms with Crippen LogP contribution in [0.4, 0.5) is 0 Å². The molecule has 0 aliphatic heterocycles. The molecule has 1 heteroatoms. The molecule has 0 radical (unpaired) electrons. The standard InChI is InChI=1S/C35H31N/c1-2-3-24-33(36)27-18-15-19-28(25-27)35-31-22-13-11-20-29(31)34(30-21-12-14-23-32(30)35)26-16-9-7-5-4-6-8-10-17-26/h2-7,10-25H,8-9,36H2,1H3/b3-2-,6-4-,7-5-,17-10-,26-16+,33-24-. The molecule has 1 nitrogen and oxygen atoms in total. The third-order valence-electron chi connectivity index (χ3n) is 6.60. The van der Waals surface area contributed by atoms with Crippen molar-refractivity contribution in [1.82, 2.24) is 0 Å². The largest absolute Gasteiger partial charge is 0.398 e. The summed E-state index contributed by atoms with van der Waals surface area (Å²) in [6, 6.07) is 26.2. The number of hydrogen-bond donors (Lipinski definition) is 1. The highest BCUT2D eigenvalue weighted by molar-refractivity contribution is 6.19. The van der Waals surface area contributed by atoms with E-state index in [1.165, 1.54) is 43.8 Å². The highest BCUT2D eigenvalue weighted by Crippen LogP contribution is 2.42. The fraction of sp³-hybridized carbons (Fsp3) is 0.0857. The predicted molar refractivity (Wildman–Crippen MR) is 158 cm³/mol. The van der Waals surface area contributed by atoms with Crippen molar-refractivity contribution in [3.8, 4) is 11.1 Å². The van der Waals surface area contributed by atoms with Crippen LogP contribution in [0.15, 0.2) is 134 Å². The van der Waals surface area contributed by atoms with Crippen LogP contribution < -0.4 is 5.73 Å². The molecule has 176 valence electrons. The van der Waals surface area contributed by atoms with Crippen molar-refractivity contribution in [3.63, 3.8) is 0 Å². The van der Waals surface area contributed by atoms with Crippen LogP contribution in [-0.4, -0.2) is 0 Å². The lowest BCUT2D eigenvalue weighted by Crippen LogP contribution is -1.97. The Labute approximate surface area is 214 Å². The summed E-state index contributed by atoms with van der Waals surface area (Å²) < 4.78 is 0. The second-order valence-corrected chi connectivity index (χ2v) is 8.96. The summed E-state index contributed by atoms with van der Waals surface area (Å²) in [5, 5.41) is 5.03. The van der Waals surface area contributed by atoms with Gasteiger partial charge in [-0.1, -0.05) is 121 Å². The first-order valence-corrected chi connectivity index (χ1v) is 12.6. The molecule has 4 aromatic rings. The molecule has 36 heavy (non-hydrogen) atoms. The third kappa shape index (κ3) is 4.74. The molecule has 1 aliphatic rings. The normalized spacial score (nSPS) is 18.7. The Bertz CT molecular complexity index is 1530. The first kappa shape index (κ1) is 23.4. The van der Waals surface area contributed by atoms with Crippen molar-refractivity contribution in [2.45, 2.75) is 19.8 Å². The molecule has 0 saturated carbocycles. The molecule has 5 rings (SSSR count). The van der Waals surface area contributed by atoms with Gasteiger partial charge in [0.1, 0.15) is 0 Å². The maximum atomic E-state index is 6.41. The van der Waals surface area contributed by atoms with Crippen molar-refractivity contribution in [2.75, 3.05) is 0 Å². The fourth-order valence-electron chi connectivity index (χ4n) is 4.94. The number of rotatable bonds is 4. The average Bonchev–Trinajstić information content (AvgIpc) is 2.93. The number of benzene rings is 4. The van der Waals surface area contributed by atoms with E-state index in [-0.39, 0.29) is 0 Å². The number of fused-ring (bicyclic) bond motifs is 2. The zero-order chi connectivity index (χ0) is 24.7. The molecular formula is C35H31N. The molecule has 0 bridgehead atoms. The summed E-state index contributed by atoms with van der Waals surface area (Å²) in [5.74, 6) is 0. The van der Waals surface area contributed by atoms with E-state index in [9.17, 15) is 0 Å². The van der Waals surface area contributed by atoms with Gasteiger partial charge in [0, 0.05) is 5.70 Å². The van der Waals surface area contributed by atoms with Crippen molar-refractivity contribution in [3.05, 3.63) is 145 Å². The Hall–Kier alpha value is -4.36. The maximum absolute atomic E-state index is 6.41. The first-order valence-electron chi connectivity index (χ1n) is 12.6. The molecule has 0 atom stereocenters. The second kappa shape index (κ2) is 10.9. The minimum Gasteiger partial charge on any atom is -0.398 e. The number of allylic oxidation sites excluding steroid dienone is 11. The van der Waals surface area contributed by atoms with Gasteiger partial charge in [-0.3, -0.25) is 0 Å². The number of nitrogens with two attached hydrogens (primary N) is 1. The van der Waals surface area contributed by atoms with Gasteiger partial charge in [-0.15, -0.1) is 0 Å². The summed E-state index contributed by atoms with van der Waals surface area (Å²) in [6.07, 6.45) is 23.3. The van der Waals surface area contributed by atoms with E-state index >= 15 is 0 Å². The van der Waals surface area contributed by atoms with Crippen LogP contribution in [0, 0.1) is 0 Å². The third-order valence-corrected chi connectivity index (χ3v) is 6.60. The Morgan fingerprint density at radius 3 is 2.03 bits per heavy atom. The fourth-order valence-corrected chi connectivity index (χ4v) is 4.94. The van der Waals surface area contributed by atoms with Crippen LogP contribution in [-0.2, 0) is 0 Å². The topological polar surface area (TPSA) is 26.0 Å². The van der Waals surface area contributed by atoms with Crippen LogP contribution in [0.5, 0.6) is 0 Å². The van der Waals surface area contributed by atoms with Gasteiger partial charge in [0.15, 0.2) is 0 Å². The minimum atomic E-state index is 0.763. The molecule has 0 heterocycles. The molecule has 2 N–H and O–H groups in total. The highest BCUT2D eigenvalue weighted by atomic mass is 14.6. The van der Waals surface area contributed by atoms with Gasteiger partial charge in [0.25, 0.3) is 0 Å². The minimum absolute atomic E-state index is 0.763. The summed E-state index contributed by atoms with van der Waals surface area (Å²) in [4.78, 5) is 0. The highest BCUT2D eigenvalue weighted by Gasteiger charge is 2.17. The Kier molecular flexibility index (Phi) is 7.10. The van der Waals surface area contributed by atoms with E-state index in [0.29, 0.717) is 0 Å². The van der Waals surface area contributed by atoms with Gasteiger partial charge in [0.05, 0.1) is 0 Å². The summed E-state index contributed by atoms with van der Waals surface area (Å²) in [5.41, 5.74) is 13.2. The molecule has 0 fully saturated rings. The van der Waals surface area contributed by atoms with E-state index in [1.807, 2.05) is 25.2 Å². The second-order valence-electron chi connectivity index (χ2n) is 8.96. The lowest BCUT2D eigenvalue weighted by atomic mass is 9.85. The molecule has 4 aromatic carbocycles. The summed E-state index contributed by atoms with van der Waals surface area (Å²) >= 11 is 0. The van der Waals surface area contributed by atoms with Crippen LogP contribution >= 0.6 is 0 Å². The van der Waals surface area contributed by atoms with Crippen molar-refractivity contribution < 1.29 is 0 Å². The maximum Gasteiger partial charge on any atom is 0.0387 e. The van der Waals surface area contributed by atoms with Crippen LogP contribution in [0.25, 0.3) is 43.9 Å². The molecule has 0 saturated heterocycles. The monoisotopic (exact) mass is 465 g/mol. The van der Waals surface area contributed by atoms with Gasteiger partial charge >= 0.3 is 0 Å².